The molecule has 28 rings (SSSR count). The van der Waals surface area contributed by atoms with Gasteiger partial charge in [-0.25, -0.2) is 9.13 Å². The number of carbonyl (C=O) groups is 1. The van der Waals surface area contributed by atoms with Gasteiger partial charge in [-0.2, -0.15) is 13.5 Å². The average molecular weight is 2420 g/mol. The summed E-state index contributed by atoms with van der Waals surface area (Å²) in [6.45, 7) is 18.0. The van der Waals surface area contributed by atoms with Crippen LogP contribution in [-0.2, 0) is 90.2 Å². The summed E-state index contributed by atoms with van der Waals surface area (Å²) in [5.41, 5.74) is 30.0. The maximum Gasteiger partial charge on any atom is 0.295 e. The summed E-state index contributed by atoms with van der Waals surface area (Å²) in [6.07, 6.45) is 12.7. The van der Waals surface area contributed by atoms with E-state index in [2.05, 4.69) is 350 Å². The van der Waals surface area contributed by atoms with Crippen molar-refractivity contribution in [2.75, 3.05) is 0 Å². The molecule has 0 fully saturated rings. The number of aliphatic hydroxyl groups is 1. The molecule has 0 unspecified atom stereocenters. The minimum Gasteiger partial charge on any atom is -0.512 e. The number of ketones is 1. The number of aliphatic hydroxyl groups excluding tert-OH is 1. The Morgan fingerprint density at radius 1 is 0.448 bits per heavy atom. The Balaban J connectivity index is 0.000000115. The van der Waals surface area contributed by atoms with E-state index in [9.17, 15) is 4.79 Å². The topological polar surface area (TPSA) is 115 Å². The molecule has 12 nitrogen and oxygen atoms in total. The Labute approximate surface area is 897 Å². The number of rotatable bonds is 7. The van der Waals surface area contributed by atoms with E-state index in [4.69, 9.17) is 16.1 Å². The number of fused-ring (bicyclic) bond motifs is 16. The van der Waals surface area contributed by atoms with E-state index < -0.39 is 12.1 Å². The maximum absolute atomic E-state index is 10.0. The molecule has 16 aromatic carbocycles. The predicted molar refractivity (Wildman–Crippen MR) is 578 cm³/mol. The summed E-state index contributed by atoms with van der Waals surface area (Å²) in [6, 6.07) is 131. The number of hydrogen-bond acceptors (Lipinski definition) is 6. The normalized spacial score (nSPS) is 12.7. The van der Waals surface area contributed by atoms with E-state index in [0.717, 1.165) is 63.9 Å². The molecule has 1 N–H and O–H groups in total. The van der Waals surface area contributed by atoms with Gasteiger partial charge in [0.05, 0.1) is 37.7 Å². The van der Waals surface area contributed by atoms with Gasteiger partial charge in [-0.3, -0.25) is 9.78 Å². The number of aromatic nitrogens is 10. The van der Waals surface area contributed by atoms with Gasteiger partial charge >= 0.3 is 0 Å². The molecule has 0 spiro atoms. The van der Waals surface area contributed by atoms with Gasteiger partial charge in [-0.1, -0.05) is 238 Å². The Morgan fingerprint density at radius 3 is 1.74 bits per heavy atom. The summed E-state index contributed by atoms with van der Waals surface area (Å²) >= 11 is 0. The third-order valence-corrected chi connectivity index (χ3v) is 26.4. The first-order valence-electron chi connectivity index (χ1n) is 51.5. The van der Waals surface area contributed by atoms with Gasteiger partial charge in [0, 0.05) is 159 Å². The van der Waals surface area contributed by atoms with Crippen LogP contribution < -0.4 is 13.7 Å². The van der Waals surface area contributed by atoms with E-state index in [1.54, 1.807) is 0 Å². The van der Waals surface area contributed by atoms with Crippen molar-refractivity contribution in [2.45, 2.75) is 80.4 Å². The van der Waals surface area contributed by atoms with Gasteiger partial charge in [0.25, 0.3) is 11.5 Å². The molecule has 145 heavy (non-hydrogen) atoms. The zero-order valence-electron chi connectivity index (χ0n) is 88.9. The Morgan fingerprint density at radius 2 is 1.03 bits per heavy atom. The number of aryl methyl sites for hydroxylation is 4. The van der Waals surface area contributed by atoms with Crippen LogP contribution >= 0.6 is 0 Å². The number of hydrogen-bond donors (Lipinski definition) is 1. The van der Waals surface area contributed by atoms with Gasteiger partial charge in [0.15, 0.2) is 35.2 Å². The average Bonchev–Trinajstić information content (AvgIpc) is 1.59. The second-order valence-electron chi connectivity index (χ2n) is 36.2. The molecular weight excluding hydrogens is 2310 g/mol. The van der Waals surface area contributed by atoms with E-state index in [1.165, 1.54) is 179 Å². The van der Waals surface area contributed by atoms with Gasteiger partial charge in [0.2, 0.25) is 5.69 Å². The molecular formula is C130H103Ir3N10O2-. The zero-order valence-corrected chi connectivity index (χ0v) is 88.1. The summed E-state index contributed by atoms with van der Waals surface area (Å²) < 4.78 is 75.8. The standard InChI is InChI=1S/C25H21N2.C24H17N2.C19H13N2.C18H14N.C15H10N.2C12H10N.C5H8O2.3Ir/c1-15-10-11-21-20(12-15)19-9-5-8-18-13-26-14-22(27(21)25(26)24(18)19)23-16(2)6-4-7-17(23)3;1-3-11-19-17(8-1)10-7-15-21(19)26-23-14-6-5-13-22(23)25-16-18-9-2-4-12-20(18)24(25)26;1-2-8-16(9-3-1)19-20-13-14-21(19)18-12-6-10-15-7-4-5-11-17(15)18;1-18(2)14-8-4-3-7-13(14)17-16-12(10-11-19-17)6-5-9-15(16)18;1-2-7-13(8-3-1)15-14-9-5-4-6-12(14)10-11-16-15;1-2-6-11-10(5-1)9-13-8-4-3-7-12(11)13;1-10-7-8-12(13-9-10)11-5-3-2-4-6-11;1-4(6)3-5(2)7;;;/h4-12,14H,13H2,1-3H3;1-15H,16H2;1-8,10-14H;3-6,8-11H,1-2H3;1-7,9-11H;1-8H,9H2;2-5,7-9H,1H3;3,6H,1-2H3;;;/q2*+1;3*-1;+1;-1;;;;/i;;;;;1D,2D,3D,4D,5D,6D,7D,8D;;;;;. The molecule has 0 saturated heterocycles. The van der Waals surface area contributed by atoms with Gasteiger partial charge in [0.1, 0.15) is 31.9 Å². The first-order valence-corrected chi connectivity index (χ1v) is 47.5. The van der Waals surface area contributed by atoms with Gasteiger partial charge in [-0.05, 0) is 185 Å². The molecule has 11 heterocycles. The molecule has 3 radical (unpaired) electrons. The fourth-order valence-corrected chi connectivity index (χ4v) is 20.0. The number of benzene rings is 16. The van der Waals surface area contributed by atoms with Crippen molar-refractivity contribution in [3.8, 4) is 90.4 Å². The van der Waals surface area contributed by atoms with Crippen molar-refractivity contribution in [1.82, 2.24) is 33.5 Å². The van der Waals surface area contributed by atoms with Gasteiger partial charge < -0.3 is 24.6 Å². The zero-order chi connectivity index (χ0) is 104. The fraction of sp³-hybridized carbons (Fsp3) is 0.0923. The number of para-hydroxylation sites is 2. The van der Waals surface area contributed by atoms with Crippen molar-refractivity contribution in [3.05, 3.63) is 518 Å². The fourth-order valence-electron chi connectivity index (χ4n) is 20.0. The molecule has 1 aliphatic carbocycles. The van der Waals surface area contributed by atoms with Crippen LogP contribution in [-0.4, -0.2) is 44.4 Å². The van der Waals surface area contributed by atoms with Crippen LogP contribution in [0.3, 0.4) is 0 Å². The van der Waals surface area contributed by atoms with Crippen molar-refractivity contribution >= 4 is 87.2 Å². The van der Waals surface area contributed by atoms with Gasteiger partial charge in [-0.15, -0.1) is 143 Å². The molecule has 4 aliphatic rings. The smallest absolute Gasteiger partial charge is 0.295 e. The minimum atomic E-state index is -0.411. The van der Waals surface area contributed by atoms with Crippen LogP contribution in [0, 0.1) is 52.0 Å². The number of nitrogens with zero attached hydrogens (tertiary/aromatic N) is 10. The molecule has 15 heteroatoms. The Kier molecular flexibility index (Phi) is 27.1. The second kappa shape index (κ2) is 44.0. The van der Waals surface area contributed by atoms with Crippen LogP contribution in [0.25, 0.3) is 172 Å². The molecule has 3 aliphatic heterocycles. The molecule has 0 atom stereocenters. The largest absolute Gasteiger partial charge is 0.512 e. The first kappa shape index (κ1) is 89.3. The molecule has 0 bridgehead atoms. The first-order chi connectivity index (χ1) is 72.9. The van der Waals surface area contributed by atoms with Crippen LogP contribution in [0.2, 0.25) is 0 Å². The third kappa shape index (κ3) is 20.0. The van der Waals surface area contributed by atoms with E-state index >= 15 is 0 Å². The number of pyridine rings is 5. The van der Waals surface area contributed by atoms with Crippen LogP contribution in [0.5, 0.6) is 0 Å². The van der Waals surface area contributed by atoms with Crippen LogP contribution in [0.1, 0.15) is 88.7 Å². The van der Waals surface area contributed by atoms with E-state index in [-0.39, 0.29) is 131 Å². The second-order valence-corrected chi connectivity index (χ2v) is 36.2. The summed E-state index contributed by atoms with van der Waals surface area (Å²) in [5, 5.41) is 22.4. The minimum absolute atomic E-state index is 0. The maximum atomic E-state index is 10.0. The van der Waals surface area contributed by atoms with Crippen molar-refractivity contribution in [1.29, 1.82) is 0 Å². The van der Waals surface area contributed by atoms with E-state index in [1.807, 2.05) is 141 Å². The van der Waals surface area contributed by atoms with Crippen LogP contribution in [0.4, 0.5) is 0 Å². The number of imidazole rings is 3. The van der Waals surface area contributed by atoms with Crippen LogP contribution in [0.15, 0.2) is 443 Å². The molecule has 0 saturated carbocycles. The van der Waals surface area contributed by atoms with Crippen molar-refractivity contribution < 1.29 is 94.9 Å². The Hall–Kier alpha value is -15.8. The SMILES string of the molecule is CC(=O)C=C(C)O.CC1(C)c2ccc[c-]c2-c2nccc3cccc1c23.Cc1ccc(-c2[c-]cccc2)nc1.Cc1ccc2c(c1)c1cccc3c1c1n2c(-c2c(C)cccc2C)c[n+]1C3.[2H]c1c([2H])c([2H])c2c(c1[2H])C[n+]1c([2H])c([2H])c([2H])c([2H])c1-2.[Ir].[Ir].[Ir].[c-]1ccccc1-c1nccc2ccccc12.[c-]1ccccc1-c1nccn1-c1cccc2ccccc12.c1ccc2c(c1)C[n+]1c-2n(-c2cccc3ccccc23)c2ccccc21. The molecule has 713 valence electrons. The quantitative estimate of drug-likeness (QED) is 0.0559. The summed E-state index contributed by atoms with van der Waals surface area (Å²) in [4.78, 5) is 27.9. The number of allylic oxidation sites excluding steroid dienone is 2. The van der Waals surface area contributed by atoms with Crippen molar-refractivity contribution in [2.24, 2.45) is 0 Å². The third-order valence-electron chi connectivity index (χ3n) is 26.4. The summed E-state index contributed by atoms with van der Waals surface area (Å²) in [7, 11) is 0. The van der Waals surface area contributed by atoms with E-state index in [0.29, 0.717) is 5.56 Å². The Bertz CT molecular complexity index is 9340. The number of carbonyl (C=O) groups excluding carboxylic acids is 1. The molecule has 0 amide bonds. The summed E-state index contributed by atoms with van der Waals surface area (Å²) in [5.74, 6) is 2.12. The monoisotopic (exact) mass is 2420 g/mol. The molecule has 8 aromatic heterocycles. The predicted octanol–water partition coefficient (Wildman–Crippen LogP) is 29.0. The molecule has 24 aromatic rings. The van der Waals surface area contributed by atoms with Crippen molar-refractivity contribution in [3.63, 3.8) is 0 Å².